The molecule has 0 radical (unpaired) electrons. The van der Waals surface area contributed by atoms with E-state index >= 15 is 0 Å². The van der Waals surface area contributed by atoms with Crippen LogP contribution in [0.4, 0.5) is 0 Å². The molecular weight excluding hydrogens is 272 g/mol. The van der Waals surface area contributed by atoms with Crippen molar-refractivity contribution >= 4 is 11.9 Å². The van der Waals surface area contributed by atoms with Crippen molar-refractivity contribution in [2.24, 2.45) is 5.41 Å². The number of carbonyl (C=O) groups excluding carboxylic acids is 1. The minimum atomic E-state index is -0.825. The number of rotatable bonds is 5. The van der Waals surface area contributed by atoms with E-state index in [9.17, 15) is 14.7 Å². The molecule has 0 bridgehead atoms. The number of nitrogens with one attached hydrogen (secondary N) is 1. The van der Waals surface area contributed by atoms with Crippen molar-refractivity contribution in [3.05, 3.63) is 12.7 Å². The van der Waals surface area contributed by atoms with E-state index in [1.54, 1.807) is 6.92 Å². The minimum absolute atomic E-state index is 0.181. The largest absolute Gasteiger partial charge is 0.481 e. The highest BCUT2D eigenvalue weighted by Gasteiger charge is 2.39. The van der Waals surface area contributed by atoms with Crippen LogP contribution in [0.5, 0.6) is 0 Å². The van der Waals surface area contributed by atoms with Gasteiger partial charge in [0.1, 0.15) is 18.7 Å². The lowest BCUT2D eigenvalue weighted by atomic mass is 9.80. The summed E-state index contributed by atoms with van der Waals surface area (Å²) >= 11 is 0. The third-order valence-electron chi connectivity index (χ3n) is 4.33. The van der Waals surface area contributed by atoms with E-state index in [2.05, 4.69) is 15.4 Å². The zero-order valence-electron chi connectivity index (χ0n) is 12.3. The monoisotopic (exact) mass is 294 g/mol. The lowest BCUT2D eigenvalue weighted by molar-refractivity contribution is -0.150. The Morgan fingerprint density at radius 2 is 2.00 bits per heavy atom. The van der Waals surface area contributed by atoms with Crippen molar-refractivity contribution in [2.75, 3.05) is 6.54 Å². The van der Waals surface area contributed by atoms with Crippen molar-refractivity contribution in [1.82, 2.24) is 20.1 Å². The van der Waals surface area contributed by atoms with Crippen LogP contribution in [-0.4, -0.2) is 38.3 Å². The van der Waals surface area contributed by atoms with E-state index < -0.39 is 17.4 Å². The number of nitrogens with zero attached hydrogens (tertiary/aromatic N) is 3. The second kappa shape index (κ2) is 6.69. The molecule has 0 spiro atoms. The predicted octanol–water partition coefficient (Wildman–Crippen LogP) is 1.38. The highest BCUT2D eigenvalue weighted by atomic mass is 16.4. The fourth-order valence-corrected chi connectivity index (χ4v) is 2.81. The molecule has 1 fully saturated rings. The van der Waals surface area contributed by atoms with Crippen LogP contribution >= 0.6 is 0 Å². The van der Waals surface area contributed by atoms with Crippen molar-refractivity contribution in [3.63, 3.8) is 0 Å². The maximum Gasteiger partial charge on any atom is 0.311 e. The Hall–Kier alpha value is -1.92. The number of carbonyl (C=O) groups is 2. The fourth-order valence-electron chi connectivity index (χ4n) is 2.81. The summed E-state index contributed by atoms with van der Waals surface area (Å²) in [5, 5.41) is 16.3. The van der Waals surface area contributed by atoms with Crippen LogP contribution in [0.1, 0.15) is 51.5 Å². The van der Waals surface area contributed by atoms with Gasteiger partial charge in [-0.15, -0.1) is 0 Å². The molecule has 1 saturated carbocycles. The minimum Gasteiger partial charge on any atom is -0.481 e. The summed E-state index contributed by atoms with van der Waals surface area (Å²) in [6, 6.07) is -0.496. The summed E-state index contributed by atoms with van der Waals surface area (Å²) in [5.41, 5.74) is -0.825. The molecule has 1 amide bonds. The van der Waals surface area contributed by atoms with E-state index in [1.807, 2.05) is 0 Å². The van der Waals surface area contributed by atoms with Gasteiger partial charge >= 0.3 is 5.97 Å². The van der Waals surface area contributed by atoms with Gasteiger partial charge in [0.05, 0.1) is 5.41 Å². The smallest absolute Gasteiger partial charge is 0.311 e. The van der Waals surface area contributed by atoms with Gasteiger partial charge in [-0.05, 0) is 19.8 Å². The van der Waals surface area contributed by atoms with Crippen LogP contribution in [0, 0.1) is 5.41 Å². The number of aliphatic carboxylic acids is 1. The summed E-state index contributed by atoms with van der Waals surface area (Å²) in [4.78, 5) is 27.6. The Kier molecular flexibility index (Phi) is 4.93. The Bertz CT molecular complexity index is 478. The molecule has 2 N–H and O–H groups in total. The van der Waals surface area contributed by atoms with E-state index in [0.29, 0.717) is 12.8 Å². The first kappa shape index (κ1) is 15.5. The molecule has 1 aromatic heterocycles. The summed E-state index contributed by atoms with van der Waals surface area (Å²) in [7, 11) is 0. The van der Waals surface area contributed by atoms with Gasteiger partial charge in [-0.3, -0.25) is 9.59 Å². The average Bonchev–Trinajstić information content (AvgIpc) is 2.89. The van der Waals surface area contributed by atoms with Crippen molar-refractivity contribution in [1.29, 1.82) is 0 Å². The van der Waals surface area contributed by atoms with Crippen LogP contribution in [-0.2, 0) is 9.59 Å². The van der Waals surface area contributed by atoms with E-state index in [0.717, 1.165) is 25.7 Å². The molecule has 1 atom stereocenters. The van der Waals surface area contributed by atoms with Crippen LogP contribution < -0.4 is 5.32 Å². The quantitative estimate of drug-likeness (QED) is 0.800. The molecule has 1 unspecified atom stereocenters. The molecule has 2 rings (SSSR count). The lowest BCUT2D eigenvalue weighted by Crippen LogP contribution is -2.44. The van der Waals surface area contributed by atoms with Gasteiger partial charge in [-0.25, -0.2) is 9.67 Å². The van der Waals surface area contributed by atoms with Crippen LogP contribution in [0.3, 0.4) is 0 Å². The SMILES string of the molecule is CC(C(=O)NCC1(C(=O)O)CCCCCC1)n1cncn1. The Morgan fingerprint density at radius 1 is 1.33 bits per heavy atom. The maximum absolute atomic E-state index is 12.1. The van der Waals surface area contributed by atoms with Gasteiger partial charge in [0.2, 0.25) is 5.91 Å². The fraction of sp³-hybridized carbons (Fsp3) is 0.714. The maximum atomic E-state index is 12.1. The summed E-state index contributed by atoms with van der Waals surface area (Å²) < 4.78 is 1.45. The summed E-state index contributed by atoms with van der Waals surface area (Å²) in [5.74, 6) is -1.04. The molecule has 1 aliphatic carbocycles. The summed E-state index contributed by atoms with van der Waals surface area (Å²) in [6.45, 7) is 1.89. The van der Waals surface area contributed by atoms with E-state index in [-0.39, 0.29) is 12.5 Å². The first-order valence-electron chi connectivity index (χ1n) is 7.40. The molecule has 1 aliphatic rings. The standard InChI is InChI=1S/C14H22N4O3/c1-11(18-10-15-9-17-18)12(19)16-8-14(13(20)21)6-4-2-3-5-7-14/h9-11H,2-8H2,1H3,(H,16,19)(H,20,21). The molecule has 0 aromatic carbocycles. The van der Waals surface area contributed by atoms with Gasteiger partial charge < -0.3 is 10.4 Å². The molecule has 116 valence electrons. The van der Waals surface area contributed by atoms with Crippen molar-refractivity contribution in [2.45, 2.75) is 51.5 Å². The van der Waals surface area contributed by atoms with E-state index in [1.165, 1.54) is 17.3 Å². The van der Waals surface area contributed by atoms with Gasteiger partial charge in [0, 0.05) is 6.54 Å². The first-order valence-corrected chi connectivity index (χ1v) is 7.40. The molecule has 0 saturated heterocycles. The van der Waals surface area contributed by atoms with Crippen LogP contribution in [0.25, 0.3) is 0 Å². The highest BCUT2D eigenvalue weighted by Crippen LogP contribution is 2.34. The molecule has 1 aromatic rings. The van der Waals surface area contributed by atoms with Gasteiger partial charge in [0.25, 0.3) is 0 Å². The van der Waals surface area contributed by atoms with Crippen molar-refractivity contribution in [3.8, 4) is 0 Å². The Morgan fingerprint density at radius 3 is 2.52 bits per heavy atom. The number of aromatic nitrogens is 3. The Balaban J connectivity index is 1.98. The average molecular weight is 294 g/mol. The van der Waals surface area contributed by atoms with Crippen LogP contribution in [0.15, 0.2) is 12.7 Å². The van der Waals surface area contributed by atoms with Gasteiger partial charge in [0.15, 0.2) is 0 Å². The third-order valence-corrected chi connectivity index (χ3v) is 4.33. The van der Waals surface area contributed by atoms with Gasteiger partial charge in [-0.2, -0.15) is 5.10 Å². The number of amides is 1. The zero-order chi connectivity index (χ0) is 15.3. The molecule has 1 heterocycles. The highest BCUT2D eigenvalue weighted by molar-refractivity contribution is 5.81. The van der Waals surface area contributed by atoms with E-state index in [4.69, 9.17) is 0 Å². The second-order valence-corrected chi connectivity index (χ2v) is 5.77. The molecule has 7 nitrogen and oxygen atoms in total. The van der Waals surface area contributed by atoms with Gasteiger partial charge in [-0.1, -0.05) is 25.7 Å². The predicted molar refractivity (Wildman–Crippen MR) is 75.5 cm³/mol. The zero-order valence-corrected chi connectivity index (χ0v) is 12.3. The molecule has 0 aliphatic heterocycles. The third kappa shape index (κ3) is 3.59. The topological polar surface area (TPSA) is 97.1 Å². The number of hydrogen-bond acceptors (Lipinski definition) is 4. The Labute approximate surface area is 123 Å². The normalized spacial score (nSPS) is 19.5. The number of carboxylic acid groups (broad SMARTS) is 1. The lowest BCUT2D eigenvalue weighted by Gasteiger charge is -2.28. The molecule has 21 heavy (non-hydrogen) atoms. The van der Waals surface area contributed by atoms with Crippen LogP contribution in [0.2, 0.25) is 0 Å². The number of carboxylic acids is 1. The van der Waals surface area contributed by atoms with Crippen molar-refractivity contribution < 1.29 is 14.7 Å². The first-order chi connectivity index (χ1) is 10.1. The molecule has 7 heteroatoms. The molecular formula is C14H22N4O3. The second-order valence-electron chi connectivity index (χ2n) is 5.77. The summed E-state index contributed by atoms with van der Waals surface area (Å²) in [6.07, 6.45) is 8.04. The number of hydrogen-bond donors (Lipinski definition) is 2.